The zero-order chi connectivity index (χ0) is 14.0. The number of ether oxygens (including phenoxy) is 1. The molecule has 0 amide bonds. The summed E-state index contributed by atoms with van der Waals surface area (Å²) in [6, 6.07) is 0. The van der Waals surface area contributed by atoms with Crippen LogP contribution < -0.4 is 10.3 Å². The molecule has 1 aliphatic heterocycles. The number of rotatable bonds is 4. The van der Waals surface area contributed by atoms with Crippen LogP contribution in [0.1, 0.15) is 31.7 Å². The Hall–Kier alpha value is -1.44. The van der Waals surface area contributed by atoms with Crippen LogP contribution in [0, 0.1) is 5.21 Å². The molecule has 2 N–H and O–H groups in total. The van der Waals surface area contributed by atoms with Crippen molar-refractivity contribution >= 4 is 0 Å². The van der Waals surface area contributed by atoms with Crippen molar-refractivity contribution in [2.24, 2.45) is 0 Å². The Morgan fingerprint density at radius 3 is 2.95 bits per heavy atom. The highest BCUT2D eigenvalue weighted by Crippen LogP contribution is 2.27. The van der Waals surface area contributed by atoms with Gasteiger partial charge in [-0.1, -0.05) is 6.92 Å². The summed E-state index contributed by atoms with van der Waals surface area (Å²) in [5, 5.41) is 30.3. The summed E-state index contributed by atoms with van der Waals surface area (Å²) in [4.78, 5) is 11.8. The second kappa shape index (κ2) is 5.68. The highest BCUT2D eigenvalue weighted by Gasteiger charge is 2.35. The van der Waals surface area contributed by atoms with Crippen LogP contribution in [0.5, 0.6) is 0 Å². The van der Waals surface area contributed by atoms with Crippen LogP contribution in [-0.2, 0) is 11.2 Å². The Balaban J connectivity index is 2.30. The van der Waals surface area contributed by atoms with E-state index in [2.05, 4.69) is 0 Å². The lowest BCUT2D eigenvalue weighted by atomic mass is 10.2. The number of aliphatic hydroxyl groups is 2. The van der Waals surface area contributed by atoms with Crippen LogP contribution in [-0.4, -0.2) is 33.6 Å². The third kappa shape index (κ3) is 2.78. The zero-order valence-electron chi connectivity index (χ0n) is 10.7. The van der Waals surface area contributed by atoms with E-state index in [1.807, 2.05) is 6.92 Å². The first-order valence-electron chi connectivity index (χ1n) is 6.35. The first-order chi connectivity index (χ1) is 9.06. The van der Waals surface area contributed by atoms with Crippen molar-refractivity contribution in [2.45, 2.75) is 44.6 Å². The first-order valence-corrected chi connectivity index (χ1v) is 6.35. The van der Waals surface area contributed by atoms with E-state index in [9.17, 15) is 15.1 Å². The second-order valence-corrected chi connectivity index (χ2v) is 4.69. The van der Waals surface area contributed by atoms with Crippen LogP contribution in [0.15, 0.2) is 17.2 Å². The van der Waals surface area contributed by atoms with Crippen molar-refractivity contribution in [2.75, 3.05) is 6.61 Å². The van der Waals surface area contributed by atoms with Gasteiger partial charge in [0.15, 0.2) is 0 Å². The summed E-state index contributed by atoms with van der Waals surface area (Å²) in [6.45, 7) is 1.63. The largest absolute Gasteiger partial charge is 0.618 e. The fraction of sp³-hybridized carbons (Fsp3) is 0.667. The Morgan fingerprint density at radius 2 is 2.37 bits per heavy atom. The Bertz CT molecular complexity index is 501. The third-order valence-electron chi connectivity index (χ3n) is 3.25. The van der Waals surface area contributed by atoms with Gasteiger partial charge in [-0.15, -0.1) is 0 Å². The van der Waals surface area contributed by atoms with E-state index in [1.165, 1.54) is 10.8 Å². The molecule has 0 aliphatic carbocycles. The number of aliphatic hydroxyl groups excluding tert-OH is 2. The van der Waals surface area contributed by atoms with Gasteiger partial charge in [-0.2, -0.15) is 4.73 Å². The van der Waals surface area contributed by atoms with Gasteiger partial charge in [-0.3, -0.25) is 9.36 Å². The van der Waals surface area contributed by atoms with Crippen LogP contribution in [0.2, 0.25) is 0 Å². The number of aryl methyl sites for hydroxylation is 1. The smallest absolute Gasteiger partial charge is 0.318 e. The summed E-state index contributed by atoms with van der Waals surface area (Å²) in [5.74, 6) is 0. The molecule has 1 aromatic rings. The van der Waals surface area contributed by atoms with Gasteiger partial charge in [0.1, 0.15) is 12.3 Å². The highest BCUT2D eigenvalue weighted by atomic mass is 16.5. The van der Waals surface area contributed by atoms with E-state index in [0.717, 1.165) is 12.6 Å². The SMILES string of the molecule is CCCc1cn([C@H]2C[C@H](O)[C@@H](CO)O2)c(=O)c[n+]1[O-]. The van der Waals surface area contributed by atoms with Gasteiger partial charge >= 0.3 is 5.56 Å². The van der Waals surface area contributed by atoms with E-state index in [-0.39, 0.29) is 13.0 Å². The molecule has 7 nitrogen and oxygen atoms in total. The average Bonchev–Trinajstić information content (AvgIpc) is 2.74. The minimum Gasteiger partial charge on any atom is -0.618 e. The van der Waals surface area contributed by atoms with Crippen molar-refractivity contribution in [1.82, 2.24) is 4.57 Å². The molecule has 0 unspecified atom stereocenters. The maximum Gasteiger partial charge on any atom is 0.318 e. The zero-order valence-corrected chi connectivity index (χ0v) is 10.7. The predicted octanol–water partition coefficient (Wildman–Crippen LogP) is -0.925. The quantitative estimate of drug-likeness (QED) is 0.544. The van der Waals surface area contributed by atoms with E-state index < -0.39 is 24.0 Å². The summed E-state index contributed by atoms with van der Waals surface area (Å²) in [7, 11) is 0. The van der Waals surface area contributed by atoms with Gasteiger partial charge in [0.2, 0.25) is 11.9 Å². The molecular weight excluding hydrogens is 252 g/mol. The Labute approximate surface area is 110 Å². The fourth-order valence-corrected chi connectivity index (χ4v) is 2.24. The summed E-state index contributed by atoms with van der Waals surface area (Å²) in [6.07, 6.45) is 1.86. The van der Waals surface area contributed by atoms with Crippen LogP contribution in [0.25, 0.3) is 0 Å². The average molecular weight is 270 g/mol. The number of hydrogen-bond acceptors (Lipinski definition) is 5. The first kappa shape index (κ1) is 14.0. The lowest BCUT2D eigenvalue weighted by molar-refractivity contribution is -0.616. The Morgan fingerprint density at radius 1 is 1.63 bits per heavy atom. The standard InChI is InChI=1S/C12H18N2O5/c1-2-3-8-5-13(11(17)6-14(8)18)12-4-9(16)10(7-15)19-12/h5-6,9-10,12,15-16H,2-4,7H2,1H3/t9-,10+,12+/m0/s1. The minimum atomic E-state index is -0.809. The fourth-order valence-electron chi connectivity index (χ4n) is 2.24. The predicted molar refractivity (Wildman–Crippen MR) is 65.3 cm³/mol. The van der Waals surface area contributed by atoms with Gasteiger partial charge in [0.05, 0.1) is 18.9 Å². The third-order valence-corrected chi connectivity index (χ3v) is 3.25. The molecule has 1 fully saturated rings. The molecular formula is C12H18N2O5. The van der Waals surface area contributed by atoms with Crippen LogP contribution in [0.3, 0.4) is 0 Å². The lowest BCUT2D eigenvalue weighted by Crippen LogP contribution is -2.40. The Kier molecular flexibility index (Phi) is 4.18. The molecule has 3 atom stereocenters. The van der Waals surface area contributed by atoms with Crippen molar-refractivity contribution in [3.8, 4) is 0 Å². The molecule has 0 aromatic carbocycles. The van der Waals surface area contributed by atoms with Crippen LogP contribution >= 0.6 is 0 Å². The maximum absolute atomic E-state index is 11.8. The maximum atomic E-state index is 11.8. The van der Waals surface area contributed by atoms with Crippen molar-refractivity contribution in [3.63, 3.8) is 0 Å². The van der Waals surface area contributed by atoms with Crippen molar-refractivity contribution in [3.05, 3.63) is 33.6 Å². The molecule has 1 aromatic heterocycles. The molecule has 19 heavy (non-hydrogen) atoms. The molecule has 1 aliphatic rings. The molecule has 0 saturated carbocycles. The van der Waals surface area contributed by atoms with Gasteiger partial charge in [0.25, 0.3) is 0 Å². The molecule has 1 saturated heterocycles. The van der Waals surface area contributed by atoms with Crippen molar-refractivity contribution < 1.29 is 19.7 Å². The number of aromatic nitrogens is 2. The normalized spacial score (nSPS) is 26.8. The monoisotopic (exact) mass is 270 g/mol. The highest BCUT2D eigenvalue weighted by molar-refractivity contribution is 4.94. The number of hydrogen-bond donors (Lipinski definition) is 2. The van der Waals surface area contributed by atoms with Gasteiger partial charge in [-0.05, 0) is 6.42 Å². The lowest BCUT2D eigenvalue weighted by Gasteiger charge is -2.15. The van der Waals surface area contributed by atoms with Crippen LogP contribution in [0.4, 0.5) is 0 Å². The molecule has 106 valence electrons. The second-order valence-electron chi connectivity index (χ2n) is 4.69. The molecule has 0 spiro atoms. The van der Waals surface area contributed by atoms with Gasteiger partial charge in [0, 0.05) is 12.8 Å². The van der Waals surface area contributed by atoms with E-state index in [0.29, 0.717) is 16.8 Å². The van der Waals surface area contributed by atoms with E-state index >= 15 is 0 Å². The topological polar surface area (TPSA) is 98.6 Å². The minimum absolute atomic E-state index is 0.222. The molecule has 0 bridgehead atoms. The molecule has 2 rings (SSSR count). The number of nitrogens with zero attached hydrogens (tertiary/aromatic N) is 2. The van der Waals surface area contributed by atoms with Crippen molar-refractivity contribution in [1.29, 1.82) is 0 Å². The summed E-state index contributed by atoms with van der Waals surface area (Å²) in [5.41, 5.74) is -0.00159. The molecule has 2 heterocycles. The van der Waals surface area contributed by atoms with Gasteiger partial charge < -0.3 is 20.2 Å². The van der Waals surface area contributed by atoms with E-state index in [1.54, 1.807) is 0 Å². The van der Waals surface area contributed by atoms with Gasteiger partial charge in [-0.25, -0.2) is 0 Å². The summed E-state index contributed by atoms with van der Waals surface area (Å²) >= 11 is 0. The molecule has 0 radical (unpaired) electrons. The van der Waals surface area contributed by atoms with E-state index in [4.69, 9.17) is 9.84 Å². The molecule has 7 heteroatoms. The summed E-state index contributed by atoms with van der Waals surface area (Å²) < 4.78 is 7.28.